The zero-order valence-corrected chi connectivity index (χ0v) is 13.6. The predicted molar refractivity (Wildman–Crippen MR) is 73.9 cm³/mol. The molecule has 5 nitrogen and oxygen atoms in total. The first-order valence-corrected chi connectivity index (χ1v) is 10.4. The van der Waals surface area contributed by atoms with Crippen molar-refractivity contribution in [2.45, 2.75) is 31.7 Å². The molecule has 102 valence electrons. The van der Waals surface area contributed by atoms with E-state index in [9.17, 15) is 9.59 Å². The Bertz CT molecular complexity index is 377. The normalized spacial score (nSPS) is 28.9. The molecule has 0 saturated carbocycles. The highest BCUT2D eigenvalue weighted by molar-refractivity contribution is 9.09. The fourth-order valence-electron chi connectivity index (χ4n) is 2.50. The van der Waals surface area contributed by atoms with E-state index in [1.807, 2.05) is 0 Å². The second-order valence-corrected chi connectivity index (χ2v) is 11.3. The van der Waals surface area contributed by atoms with Crippen LogP contribution in [0.4, 0.5) is 0 Å². The number of likely N-dealkylation sites (N-methyl/N-ethyl adjacent to an activating group) is 1. The molecule has 0 aromatic rings. The van der Waals surface area contributed by atoms with Crippen molar-refractivity contribution in [1.82, 2.24) is 9.80 Å². The Morgan fingerprint density at radius 3 is 2.72 bits per heavy atom. The number of alkyl halides is 1. The van der Waals surface area contributed by atoms with Crippen molar-refractivity contribution < 1.29 is 14.0 Å². The number of nitrogens with zero attached hydrogens (tertiary/aromatic N) is 2. The fraction of sp³-hybridized carbons (Fsp3) is 0.818. The minimum atomic E-state index is -1.78. The zero-order valence-electron chi connectivity index (χ0n) is 11.0. The lowest BCUT2D eigenvalue weighted by Crippen LogP contribution is -2.60. The van der Waals surface area contributed by atoms with E-state index in [1.165, 1.54) is 4.90 Å². The molecule has 2 aliphatic rings. The van der Waals surface area contributed by atoms with Gasteiger partial charge in [-0.05, 0) is 19.5 Å². The molecule has 0 unspecified atom stereocenters. The molecule has 7 heteroatoms. The molecule has 2 saturated heterocycles. The molecule has 0 N–H and O–H groups in total. The zero-order chi connectivity index (χ0) is 13.5. The molecule has 0 bridgehead atoms. The Labute approximate surface area is 117 Å². The van der Waals surface area contributed by atoms with E-state index in [1.54, 1.807) is 11.9 Å². The van der Waals surface area contributed by atoms with Crippen molar-refractivity contribution in [2.24, 2.45) is 0 Å². The van der Waals surface area contributed by atoms with Crippen LogP contribution in [0.1, 0.15) is 6.42 Å². The first-order valence-electron chi connectivity index (χ1n) is 6.14. The topological polar surface area (TPSA) is 49.9 Å². The number of fused-ring (bicyclic) bond motifs is 1. The molecule has 2 heterocycles. The minimum Gasteiger partial charge on any atom is -0.411 e. The van der Waals surface area contributed by atoms with Crippen LogP contribution in [0.15, 0.2) is 0 Å². The van der Waals surface area contributed by atoms with Gasteiger partial charge < -0.3 is 14.2 Å². The minimum absolute atomic E-state index is 0.0106. The van der Waals surface area contributed by atoms with Crippen LogP contribution in [-0.4, -0.2) is 67.2 Å². The number of hydrogen-bond acceptors (Lipinski definition) is 3. The Morgan fingerprint density at radius 1 is 1.44 bits per heavy atom. The lowest BCUT2D eigenvalue weighted by molar-refractivity contribution is -0.154. The van der Waals surface area contributed by atoms with Gasteiger partial charge in [-0.2, -0.15) is 0 Å². The maximum absolute atomic E-state index is 12.2. The van der Waals surface area contributed by atoms with Crippen LogP contribution in [0.2, 0.25) is 13.1 Å². The second-order valence-electron chi connectivity index (χ2n) is 5.56. The van der Waals surface area contributed by atoms with Gasteiger partial charge in [-0.3, -0.25) is 9.59 Å². The average molecular weight is 335 g/mol. The van der Waals surface area contributed by atoms with Crippen molar-refractivity contribution in [3.8, 4) is 0 Å². The summed E-state index contributed by atoms with van der Waals surface area (Å²) in [5, 5.41) is 0. The van der Waals surface area contributed by atoms with Gasteiger partial charge in [0.2, 0.25) is 11.8 Å². The third kappa shape index (κ3) is 2.48. The van der Waals surface area contributed by atoms with E-state index in [2.05, 4.69) is 29.0 Å². The third-order valence-corrected chi connectivity index (χ3v) is 9.09. The summed E-state index contributed by atoms with van der Waals surface area (Å²) in [5.41, 5.74) is 0. The number of hydrogen-bond donors (Lipinski definition) is 0. The van der Waals surface area contributed by atoms with E-state index >= 15 is 0 Å². The van der Waals surface area contributed by atoms with Crippen molar-refractivity contribution in [2.75, 3.05) is 25.1 Å². The van der Waals surface area contributed by atoms with Gasteiger partial charge in [0, 0.05) is 18.5 Å². The molecule has 2 rings (SSSR count). The van der Waals surface area contributed by atoms with Crippen LogP contribution in [0, 0.1) is 0 Å². The SMILES string of the molecule is CN1CC(=O)N2CC[C@H](O[Si](C)(C)CBr)[C@H]2C1=O. The van der Waals surface area contributed by atoms with E-state index in [-0.39, 0.29) is 24.5 Å². The summed E-state index contributed by atoms with van der Waals surface area (Å²) in [6.07, 6.45) is 0.628. The summed E-state index contributed by atoms with van der Waals surface area (Å²) >= 11 is 3.47. The first-order chi connectivity index (χ1) is 8.35. The van der Waals surface area contributed by atoms with Crippen LogP contribution < -0.4 is 0 Å². The predicted octanol–water partition coefficient (Wildman–Crippen LogP) is 0.584. The lowest BCUT2D eigenvalue weighted by atomic mass is 10.1. The number of carbonyl (C=O) groups excluding carboxylic acids is 2. The number of rotatable bonds is 3. The van der Waals surface area contributed by atoms with E-state index in [0.717, 1.165) is 11.4 Å². The van der Waals surface area contributed by atoms with Crippen molar-refractivity contribution in [3.63, 3.8) is 0 Å². The highest BCUT2D eigenvalue weighted by Crippen LogP contribution is 2.28. The Balaban J connectivity index is 2.15. The molecule has 0 aliphatic carbocycles. The molecular formula is C11H19BrN2O3Si. The van der Waals surface area contributed by atoms with Crippen LogP contribution in [0.25, 0.3) is 0 Å². The summed E-state index contributed by atoms with van der Waals surface area (Å²) in [6.45, 7) is 5.06. The molecule has 2 aliphatic heterocycles. The largest absolute Gasteiger partial charge is 0.411 e. The molecule has 0 spiro atoms. The Morgan fingerprint density at radius 2 is 2.11 bits per heavy atom. The number of carbonyl (C=O) groups is 2. The quantitative estimate of drug-likeness (QED) is 0.560. The summed E-state index contributed by atoms with van der Waals surface area (Å²) in [7, 11) is -0.104. The van der Waals surface area contributed by atoms with Crippen molar-refractivity contribution in [3.05, 3.63) is 0 Å². The van der Waals surface area contributed by atoms with Crippen LogP contribution in [-0.2, 0) is 14.0 Å². The maximum Gasteiger partial charge on any atom is 0.248 e. The van der Waals surface area contributed by atoms with Gasteiger partial charge in [-0.25, -0.2) is 0 Å². The van der Waals surface area contributed by atoms with Gasteiger partial charge in [-0.15, -0.1) is 0 Å². The van der Waals surface area contributed by atoms with E-state index in [0.29, 0.717) is 6.54 Å². The molecular weight excluding hydrogens is 316 g/mol. The van der Waals surface area contributed by atoms with E-state index in [4.69, 9.17) is 4.43 Å². The summed E-state index contributed by atoms with van der Waals surface area (Å²) < 4.78 is 6.14. The molecule has 0 aromatic carbocycles. The highest BCUT2D eigenvalue weighted by atomic mass is 79.9. The molecule has 18 heavy (non-hydrogen) atoms. The molecule has 2 amide bonds. The number of amides is 2. The lowest BCUT2D eigenvalue weighted by Gasteiger charge is -2.37. The highest BCUT2D eigenvalue weighted by Gasteiger charge is 2.48. The summed E-state index contributed by atoms with van der Waals surface area (Å²) in [5.74, 6) is 0.0444. The van der Waals surface area contributed by atoms with Gasteiger partial charge in [0.1, 0.15) is 6.04 Å². The molecule has 2 fully saturated rings. The standard InChI is InChI=1S/C11H19BrN2O3Si/c1-13-6-9(15)14-5-4-8(10(14)11(13)16)17-18(2,3)7-12/h8,10H,4-7H2,1-3H3/t8-,10-/m0/s1. The molecule has 0 aromatic heterocycles. The molecule has 0 radical (unpaired) electrons. The van der Waals surface area contributed by atoms with Gasteiger partial charge in [0.05, 0.1) is 12.6 Å². The smallest absolute Gasteiger partial charge is 0.248 e. The summed E-state index contributed by atoms with van der Waals surface area (Å²) in [6, 6.07) is -0.401. The van der Waals surface area contributed by atoms with Gasteiger partial charge in [0.15, 0.2) is 8.32 Å². The van der Waals surface area contributed by atoms with E-state index < -0.39 is 14.4 Å². The van der Waals surface area contributed by atoms with Crippen LogP contribution >= 0.6 is 15.9 Å². The number of halogens is 1. The number of piperazine rings is 1. The van der Waals surface area contributed by atoms with Gasteiger partial charge in [0.25, 0.3) is 0 Å². The van der Waals surface area contributed by atoms with Gasteiger partial charge >= 0.3 is 0 Å². The first kappa shape index (κ1) is 14.0. The van der Waals surface area contributed by atoms with Crippen molar-refractivity contribution in [1.29, 1.82) is 0 Å². The monoisotopic (exact) mass is 334 g/mol. The maximum atomic E-state index is 12.2. The van der Waals surface area contributed by atoms with Crippen LogP contribution in [0.5, 0.6) is 0 Å². The Hall–Kier alpha value is -0.403. The second kappa shape index (κ2) is 4.94. The average Bonchev–Trinajstić information content (AvgIpc) is 2.70. The van der Waals surface area contributed by atoms with Gasteiger partial charge in [-0.1, -0.05) is 15.9 Å². The summed E-state index contributed by atoms with van der Waals surface area (Å²) in [4.78, 5) is 28.1. The third-order valence-electron chi connectivity index (χ3n) is 3.46. The fourth-order valence-corrected chi connectivity index (χ4v) is 4.02. The molecule has 2 atom stereocenters. The van der Waals surface area contributed by atoms with Crippen LogP contribution in [0.3, 0.4) is 0 Å². The van der Waals surface area contributed by atoms with Crippen molar-refractivity contribution >= 4 is 36.1 Å². The Kier molecular flexibility index (Phi) is 3.84.